The number of thiophene rings is 1. The number of benzene rings is 1. The summed E-state index contributed by atoms with van der Waals surface area (Å²) in [5.41, 5.74) is 2.40. The summed E-state index contributed by atoms with van der Waals surface area (Å²) in [4.78, 5) is 14.9. The molecule has 11 heteroatoms. The van der Waals surface area contributed by atoms with Gasteiger partial charge in [-0.25, -0.2) is 17.5 Å². The summed E-state index contributed by atoms with van der Waals surface area (Å²) < 4.78 is 43.5. The average molecular weight is 495 g/mol. The Bertz CT molecular complexity index is 1300. The average Bonchev–Trinajstić information content (AvgIpc) is 3.51. The number of sulfonamides is 1. The van der Waals surface area contributed by atoms with Crippen LogP contribution in [0.3, 0.4) is 0 Å². The minimum absolute atomic E-state index is 0.194. The van der Waals surface area contributed by atoms with Crippen LogP contribution < -0.4 is 0 Å². The number of hydrogen-bond donors (Lipinski definition) is 0. The summed E-state index contributed by atoms with van der Waals surface area (Å²) >= 11 is 6.91. The molecule has 168 valence electrons. The Balaban J connectivity index is 1.36. The van der Waals surface area contributed by atoms with Crippen molar-refractivity contribution < 1.29 is 17.6 Å². The molecule has 5 rings (SSSR count). The van der Waals surface area contributed by atoms with Crippen LogP contribution in [-0.2, 0) is 22.9 Å². The van der Waals surface area contributed by atoms with Gasteiger partial charge >= 0.3 is 0 Å². The quantitative estimate of drug-likeness (QED) is 0.557. The van der Waals surface area contributed by atoms with Crippen LogP contribution in [0.5, 0.6) is 0 Å². The van der Waals surface area contributed by atoms with Crippen molar-refractivity contribution in [3.63, 3.8) is 0 Å². The van der Waals surface area contributed by atoms with Crippen molar-refractivity contribution in [3.8, 4) is 5.69 Å². The van der Waals surface area contributed by atoms with E-state index < -0.39 is 15.8 Å². The Morgan fingerprint density at radius 2 is 1.81 bits per heavy atom. The van der Waals surface area contributed by atoms with Crippen molar-refractivity contribution in [1.29, 1.82) is 0 Å². The number of halogens is 2. The van der Waals surface area contributed by atoms with Gasteiger partial charge in [0.05, 0.1) is 4.34 Å². The standard InChI is InChI=1S/C21H20ClFN4O3S2/c22-18-8-9-19(31-18)32(29,30)26-12-10-25(11-13-26)21(28)20-14-4-3-7-16(14)27(24-20)17-6-2-1-5-15(17)23/h1-2,5-6,8-9H,3-4,7,10-13H2. The van der Waals surface area contributed by atoms with Crippen LogP contribution >= 0.6 is 22.9 Å². The lowest BCUT2D eigenvalue weighted by Gasteiger charge is -2.33. The van der Waals surface area contributed by atoms with E-state index in [1.54, 1.807) is 33.8 Å². The molecule has 2 aromatic heterocycles. The normalized spacial score (nSPS) is 17.0. The lowest BCUT2D eigenvalue weighted by atomic mass is 10.1. The SMILES string of the molecule is O=C(c1nn(-c2ccccc2F)c2c1CCC2)N1CCN(S(=O)(=O)c2ccc(Cl)s2)CC1. The first-order valence-electron chi connectivity index (χ1n) is 10.3. The van der Waals surface area contributed by atoms with Gasteiger partial charge in [-0.3, -0.25) is 4.79 Å². The Morgan fingerprint density at radius 3 is 2.50 bits per heavy atom. The highest BCUT2D eigenvalue weighted by Crippen LogP contribution is 2.31. The molecule has 0 spiro atoms. The number of aromatic nitrogens is 2. The van der Waals surface area contributed by atoms with Gasteiger partial charge in [0.2, 0.25) is 0 Å². The molecule has 1 fully saturated rings. The number of amides is 1. The van der Waals surface area contributed by atoms with Crippen molar-refractivity contribution in [2.24, 2.45) is 0 Å². The van der Waals surface area contributed by atoms with Gasteiger partial charge in [0.1, 0.15) is 15.7 Å². The van der Waals surface area contributed by atoms with E-state index in [0.29, 0.717) is 15.7 Å². The van der Waals surface area contributed by atoms with E-state index in [0.717, 1.165) is 41.9 Å². The molecule has 1 aliphatic carbocycles. The summed E-state index contributed by atoms with van der Waals surface area (Å²) in [6, 6.07) is 9.44. The number of nitrogens with zero attached hydrogens (tertiary/aromatic N) is 4. The number of carbonyl (C=O) groups is 1. The highest BCUT2D eigenvalue weighted by atomic mass is 35.5. The zero-order valence-corrected chi connectivity index (χ0v) is 19.4. The van der Waals surface area contributed by atoms with Gasteiger partial charge in [-0.15, -0.1) is 11.3 Å². The fourth-order valence-electron chi connectivity index (χ4n) is 4.28. The van der Waals surface area contributed by atoms with Crippen LogP contribution in [0.1, 0.15) is 28.2 Å². The van der Waals surface area contributed by atoms with Crippen LogP contribution in [0.25, 0.3) is 5.69 Å². The summed E-state index contributed by atoms with van der Waals surface area (Å²) in [6.45, 7) is 0.913. The van der Waals surface area contributed by atoms with Crippen molar-refractivity contribution in [2.75, 3.05) is 26.2 Å². The van der Waals surface area contributed by atoms with Gasteiger partial charge in [0.25, 0.3) is 15.9 Å². The van der Waals surface area contributed by atoms with Crippen LogP contribution in [0.2, 0.25) is 4.34 Å². The van der Waals surface area contributed by atoms with Gasteiger partial charge in [0.15, 0.2) is 5.69 Å². The topological polar surface area (TPSA) is 75.5 Å². The smallest absolute Gasteiger partial charge is 0.274 e. The number of para-hydroxylation sites is 1. The molecule has 1 aromatic carbocycles. The first-order chi connectivity index (χ1) is 15.4. The molecule has 3 aromatic rings. The van der Waals surface area contributed by atoms with Gasteiger partial charge in [-0.2, -0.15) is 9.40 Å². The van der Waals surface area contributed by atoms with Crippen molar-refractivity contribution >= 4 is 38.9 Å². The van der Waals surface area contributed by atoms with Gasteiger partial charge < -0.3 is 4.90 Å². The van der Waals surface area contributed by atoms with E-state index in [2.05, 4.69) is 5.10 Å². The molecule has 7 nitrogen and oxygen atoms in total. The molecule has 1 amide bonds. The Morgan fingerprint density at radius 1 is 1.06 bits per heavy atom. The largest absolute Gasteiger partial charge is 0.335 e. The number of fused-ring (bicyclic) bond motifs is 1. The molecule has 0 saturated carbocycles. The lowest BCUT2D eigenvalue weighted by Crippen LogP contribution is -2.50. The second-order valence-corrected chi connectivity index (χ2v) is 11.6. The molecule has 1 aliphatic heterocycles. The fraction of sp³-hybridized carbons (Fsp3) is 0.333. The molecule has 3 heterocycles. The molecule has 32 heavy (non-hydrogen) atoms. The summed E-state index contributed by atoms with van der Waals surface area (Å²) in [5, 5.41) is 4.50. The van der Waals surface area contributed by atoms with Crippen LogP contribution in [0.15, 0.2) is 40.6 Å². The Labute approximate surface area is 194 Å². The number of piperazine rings is 1. The third-order valence-corrected chi connectivity index (χ3v) is 9.48. The summed E-state index contributed by atoms with van der Waals surface area (Å²) in [5.74, 6) is -0.634. The van der Waals surface area contributed by atoms with Crippen LogP contribution in [0, 0.1) is 5.82 Å². The second-order valence-electron chi connectivity index (χ2n) is 7.75. The van der Waals surface area contributed by atoms with E-state index in [1.165, 1.54) is 16.4 Å². The number of hydrogen-bond acceptors (Lipinski definition) is 5. The van der Waals surface area contributed by atoms with E-state index in [9.17, 15) is 17.6 Å². The molecule has 0 atom stereocenters. The van der Waals surface area contributed by atoms with Crippen LogP contribution in [0.4, 0.5) is 4.39 Å². The van der Waals surface area contributed by atoms with E-state index in [4.69, 9.17) is 11.6 Å². The molecular formula is C21H20ClFN4O3S2. The molecule has 0 unspecified atom stereocenters. The minimum Gasteiger partial charge on any atom is -0.335 e. The molecule has 0 radical (unpaired) electrons. The van der Waals surface area contributed by atoms with Gasteiger partial charge in [-0.05, 0) is 43.5 Å². The van der Waals surface area contributed by atoms with Gasteiger partial charge in [0, 0.05) is 37.4 Å². The van der Waals surface area contributed by atoms with Gasteiger partial charge in [-0.1, -0.05) is 23.7 Å². The highest BCUT2D eigenvalue weighted by Gasteiger charge is 2.34. The van der Waals surface area contributed by atoms with E-state index in [-0.39, 0.29) is 36.3 Å². The number of rotatable bonds is 4. The van der Waals surface area contributed by atoms with Crippen LogP contribution in [-0.4, -0.2) is 59.5 Å². The first-order valence-corrected chi connectivity index (χ1v) is 12.9. The minimum atomic E-state index is -3.63. The van der Waals surface area contributed by atoms with Crippen molar-refractivity contribution in [3.05, 3.63) is 63.5 Å². The maximum atomic E-state index is 14.4. The molecule has 2 aliphatic rings. The third-order valence-electron chi connectivity index (χ3n) is 5.88. The Hall–Kier alpha value is -2.27. The molecule has 0 N–H and O–H groups in total. The Kier molecular flexibility index (Phi) is 5.56. The van der Waals surface area contributed by atoms with Crippen molar-refractivity contribution in [2.45, 2.75) is 23.5 Å². The van der Waals surface area contributed by atoms with E-state index >= 15 is 0 Å². The highest BCUT2D eigenvalue weighted by molar-refractivity contribution is 7.91. The molecular weight excluding hydrogens is 475 g/mol. The summed E-state index contributed by atoms with van der Waals surface area (Å²) in [6.07, 6.45) is 2.34. The third kappa shape index (κ3) is 3.64. The number of carbonyl (C=O) groups excluding carboxylic acids is 1. The fourth-order valence-corrected chi connectivity index (χ4v) is 7.34. The lowest BCUT2D eigenvalue weighted by molar-refractivity contribution is 0.0690. The maximum absolute atomic E-state index is 14.4. The maximum Gasteiger partial charge on any atom is 0.274 e. The zero-order valence-electron chi connectivity index (χ0n) is 17.0. The monoisotopic (exact) mass is 494 g/mol. The summed E-state index contributed by atoms with van der Waals surface area (Å²) in [7, 11) is -3.63. The predicted octanol–water partition coefficient (Wildman–Crippen LogP) is 3.36. The first kappa shape index (κ1) is 21.6. The second kappa shape index (κ2) is 8.26. The molecule has 0 bridgehead atoms. The predicted molar refractivity (Wildman–Crippen MR) is 120 cm³/mol. The molecule has 1 saturated heterocycles. The van der Waals surface area contributed by atoms with E-state index in [1.807, 2.05) is 0 Å². The van der Waals surface area contributed by atoms with Crippen molar-refractivity contribution in [1.82, 2.24) is 19.0 Å². The zero-order chi connectivity index (χ0) is 22.5.